The van der Waals surface area contributed by atoms with E-state index in [9.17, 15) is 0 Å². The predicted molar refractivity (Wildman–Crippen MR) is 104 cm³/mol. The number of hydrogen-bond donors (Lipinski definition) is 2. The monoisotopic (exact) mass is 360 g/mol. The fraction of sp³-hybridized carbons (Fsp3) is 0.150. The number of methoxy groups -OCH3 is 1. The third-order valence-electron chi connectivity index (χ3n) is 4.35. The van der Waals surface area contributed by atoms with Crippen LogP contribution in [0.1, 0.15) is 5.56 Å². The van der Waals surface area contributed by atoms with Gasteiger partial charge in [0.2, 0.25) is 0 Å². The molecule has 2 aromatic carbocycles. The van der Waals surface area contributed by atoms with Gasteiger partial charge in [0.25, 0.3) is 0 Å². The van der Waals surface area contributed by atoms with Crippen molar-refractivity contribution in [3.8, 4) is 28.5 Å². The molecule has 0 saturated heterocycles. The summed E-state index contributed by atoms with van der Waals surface area (Å²) in [5.74, 6) is 2.42. The summed E-state index contributed by atoms with van der Waals surface area (Å²) < 4.78 is 7.02. The van der Waals surface area contributed by atoms with Crippen molar-refractivity contribution < 1.29 is 4.74 Å². The summed E-state index contributed by atoms with van der Waals surface area (Å²) in [5, 5.41) is 11.6. The number of H-pyrrole nitrogens is 1. The molecule has 3 N–H and O–H groups in total. The van der Waals surface area contributed by atoms with Crippen LogP contribution in [0, 0.1) is 0 Å². The Morgan fingerprint density at radius 3 is 2.59 bits per heavy atom. The van der Waals surface area contributed by atoms with Crippen molar-refractivity contribution in [3.05, 3.63) is 66.4 Å². The number of nitrogen functional groups attached to an aromatic ring is 1. The molecular formula is C20H20N6O. The third kappa shape index (κ3) is 3.67. The van der Waals surface area contributed by atoms with E-state index in [0.29, 0.717) is 17.5 Å². The van der Waals surface area contributed by atoms with E-state index in [1.165, 1.54) is 5.56 Å². The first kappa shape index (κ1) is 16.8. The molecule has 0 amide bonds. The summed E-state index contributed by atoms with van der Waals surface area (Å²) in [4.78, 5) is 4.56. The first-order valence-electron chi connectivity index (χ1n) is 8.67. The number of aryl methyl sites for hydroxylation is 2. The van der Waals surface area contributed by atoms with Gasteiger partial charge in [-0.2, -0.15) is 10.2 Å². The molecule has 136 valence electrons. The summed E-state index contributed by atoms with van der Waals surface area (Å²) in [6.45, 7) is 0.744. The van der Waals surface area contributed by atoms with Gasteiger partial charge < -0.3 is 10.5 Å². The number of aromatic nitrogens is 5. The average Bonchev–Trinajstić information content (AvgIpc) is 3.34. The second-order valence-electron chi connectivity index (χ2n) is 6.16. The normalized spacial score (nSPS) is 10.9. The van der Waals surface area contributed by atoms with Gasteiger partial charge in [0, 0.05) is 18.3 Å². The van der Waals surface area contributed by atoms with Crippen molar-refractivity contribution in [2.75, 3.05) is 12.8 Å². The number of benzene rings is 2. The molecule has 0 bridgehead atoms. The summed E-state index contributed by atoms with van der Waals surface area (Å²) in [7, 11) is 1.64. The van der Waals surface area contributed by atoms with Crippen molar-refractivity contribution in [1.82, 2.24) is 25.0 Å². The van der Waals surface area contributed by atoms with E-state index in [4.69, 9.17) is 10.5 Å². The number of nitrogens with zero attached hydrogens (tertiary/aromatic N) is 4. The zero-order valence-electron chi connectivity index (χ0n) is 15.0. The van der Waals surface area contributed by atoms with Crippen molar-refractivity contribution >= 4 is 5.82 Å². The Morgan fingerprint density at radius 2 is 1.85 bits per heavy atom. The van der Waals surface area contributed by atoms with Crippen LogP contribution in [0.15, 0.2) is 60.8 Å². The van der Waals surface area contributed by atoms with E-state index in [2.05, 4.69) is 32.4 Å². The van der Waals surface area contributed by atoms with Crippen molar-refractivity contribution in [2.24, 2.45) is 0 Å². The topological polar surface area (TPSA) is 94.6 Å². The van der Waals surface area contributed by atoms with Gasteiger partial charge in [-0.3, -0.25) is 9.78 Å². The minimum atomic E-state index is 0.431. The average molecular weight is 360 g/mol. The zero-order chi connectivity index (χ0) is 18.6. The zero-order valence-corrected chi connectivity index (χ0v) is 15.0. The second-order valence-corrected chi connectivity index (χ2v) is 6.16. The number of aromatic amines is 1. The molecule has 4 rings (SSSR count). The van der Waals surface area contributed by atoms with E-state index >= 15 is 0 Å². The van der Waals surface area contributed by atoms with Gasteiger partial charge in [-0.1, -0.05) is 30.3 Å². The van der Waals surface area contributed by atoms with Gasteiger partial charge in [0.05, 0.1) is 12.7 Å². The van der Waals surface area contributed by atoms with Gasteiger partial charge in [0.15, 0.2) is 17.5 Å². The van der Waals surface area contributed by atoms with Crippen LogP contribution < -0.4 is 10.5 Å². The number of anilines is 1. The molecule has 2 aromatic heterocycles. The molecule has 0 spiro atoms. The maximum atomic E-state index is 6.09. The Bertz CT molecular complexity index is 1020. The Kier molecular flexibility index (Phi) is 4.57. The van der Waals surface area contributed by atoms with Crippen LogP contribution in [0.4, 0.5) is 5.82 Å². The molecule has 0 saturated carbocycles. The number of nitrogens with one attached hydrogen (secondary N) is 1. The van der Waals surface area contributed by atoms with Crippen LogP contribution in [-0.4, -0.2) is 32.1 Å². The molecule has 0 radical (unpaired) electrons. The van der Waals surface area contributed by atoms with E-state index in [1.54, 1.807) is 7.11 Å². The molecule has 0 atom stereocenters. The minimum Gasteiger partial charge on any atom is -0.497 e. The van der Waals surface area contributed by atoms with Crippen LogP contribution in [-0.2, 0) is 13.0 Å². The Morgan fingerprint density at radius 1 is 1.07 bits per heavy atom. The Balaban J connectivity index is 1.52. The van der Waals surface area contributed by atoms with Crippen LogP contribution in [0.5, 0.6) is 5.75 Å². The lowest BCUT2D eigenvalue weighted by molar-refractivity contribution is 0.415. The lowest BCUT2D eigenvalue weighted by Crippen LogP contribution is -2.02. The molecular weight excluding hydrogens is 340 g/mol. The van der Waals surface area contributed by atoms with Crippen molar-refractivity contribution in [2.45, 2.75) is 13.0 Å². The van der Waals surface area contributed by atoms with Crippen LogP contribution in [0.3, 0.4) is 0 Å². The number of nitrogens with two attached hydrogens (primary N) is 1. The summed E-state index contributed by atoms with van der Waals surface area (Å²) >= 11 is 0. The second kappa shape index (κ2) is 7.33. The fourth-order valence-corrected chi connectivity index (χ4v) is 2.87. The van der Waals surface area contributed by atoms with Gasteiger partial charge in [-0.05, 0) is 36.2 Å². The van der Waals surface area contributed by atoms with Crippen molar-refractivity contribution in [1.29, 1.82) is 0 Å². The third-order valence-corrected chi connectivity index (χ3v) is 4.35. The summed E-state index contributed by atoms with van der Waals surface area (Å²) in [5.41, 5.74) is 8.99. The van der Waals surface area contributed by atoms with Crippen molar-refractivity contribution in [3.63, 3.8) is 0 Å². The Hall–Kier alpha value is -3.61. The molecule has 4 aromatic rings. The quantitative estimate of drug-likeness (QED) is 0.551. The largest absolute Gasteiger partial charge is 0.497 e. The molecule has 0 fully saturated rings. The SMILES string of the molecule is COc1ccc(-c2n[nH]c(-c3cn(CCc4ccccc4)nc3N)n2)cc1. The highest BCUT2D eigenvalue weighted by Gasteiger charge is 2.14. The Labute approximate surface area is 156 Å². The lowest BCUT2D eigenvalue weighted by Gasteiger charge is -2.01. The van der Waals surface area contributed by atoms with Gasteiger partial charge in [-0.15, -0.1) is 0 Å². The molecule has 0 unspecified atom stereocenters. The lowest BCUT2D eigenvalue weighted by atomic mass is 10.1. The van der Waals surface area contributed by atoms with Crippen LogP contribution in [0.25, 0.3) is 22.8 Å². The van der Waals surface area contributed by atoms with Crippen LogP contribution in [0.2, 0.25) is 0 Å². The fourth-order valence-electron chi connectivity index (χ4n) is 2.87. The first-order valence-corrected chi connectivity index (χ1v) is 8.67. The molecule has 0 aliphatic rings. The van der Waals surface area contributed by atoms with Gasteiger partial charge in [0.1, 0.15) is 5.75 Å². The smallest absolute Gasteiger partial charge is 0.181 e. The number of hydrogen-bond acceptors (Lipinski definition) is 5. The highest BCUT2D eigenvalue weighted by molar-refractivity contribution is 5.69. The van der Waals surface area contributed by atoms with E-state index in [1.807, 2.05) is 53.3 Å². The molecule has 27 heavy (non-hydrogen) atoms. The van der Waals surface area contributed by atoms with E-state index < -0.39 is 0 Å². The van der Waals surface area contributed by atoms with E-state index in [0.717, 1.165) is 29.8 Å². The standard InChI is InChI=1S/C20H20N6O/c1-27-16-9-7-15(8-10-16)19-22-20(24-23-19)17-13-26(25-18(17)21)12-11-14-5-3-2-4-6-14/h2-10,13H,11-12H2,1H3,(H2,21,25)(H,22,23,24). The highest BCUT2D eigenvalue weighted by atomic mass is 16.5. The van der Waals surface area contributed by atoms with Crippen LogP contribution >= 0.6 is 0 Å². The summed E-state index contributed by atoms with van der Waals surface area (Å²) in [6, 6.07) is 17.9. The molecule has 2 heterocycles. The molecule has 7 heteroatoms. The predicted octanol–water partition coefficient (Wildman–Crippen LogP) is 3.17. The molecule has 0 aliphatic heterocycles. The number of ether oxygens (including phenoxy) is 1. The number of rotatable bonds is 6. The van der Waals surface area contributed by atoms with Gasteiger partial charge >= 0.3 is 0 Å². The molecule has 7 nitrogen and oxygen atoms in total. The van der Waals surface area contributed by atoms with Gasteiger partial charge in [-0.25, -0.2) is 4.98 Å². The minimum absolute atomic E-state index is 0.431. The highest BCUT2D eigenvalue weighted by Crippen LogP contribution is 2.25. The molecule has 0 aliphatic carbocycles. The van der Waals surface area contributed by atoms with E-state index in [-0.39, 0.29) is 0 Å². The maximum Gasteiger partial charge on any atom is 0.181 e. The maximum absolute atomic E-state index is 6.09. The first-order chi connectivity index (χ1) is 13.2. The summed E-state index contributed by atoms with van der Waals surface area (Å²) in [6.07, 6.45) is 2.78.